The third kappa shape index (κ3) is 6.06. The van der Waals surface area contributed by atoms with E-state index in [1.165, 1.54) is 11.1 Å². The van der Waals surface area contributed by atoms with E-state index in [1.807, 2.05) is 31.2 Å². The van der Waals surface area contributed by atoms with E-state index in [2.05, 4.69) is 36.1 Å². The van der Waals surface area contributed by atoms with Gasteiger partial charge in [0.25, 0.3) is 0 Å². The second-order valence-corrected chi connectivity index (χ2v) is 7.49. The monoisotopic (exact) mass is 369 g/mol. The zero-order valence-corrected chi connectivity index (χ0v) is 16.4. The van der Waals surface area contributed by atoms with Crippen LogP contribution in [0.2, 0.25) is 0 Å². The number of benzene rings is 2. The normalized spacial score (nSPS) is 18.0. The van der Waals surface area contributed by atoms with Crippen LogP contribution in [0.5, 0.6) is 5.75 Å². The molecule has 1 saturated heterocycles. The fourth-order valence-corrected chi connectivity index (χ4v) is 3.56. The molecule has 1 aliphatic rings. The van der Waals surface area contributed by atoms with E-state index in [1.54, 1.807) is 0 Å². The lowest BCUT2D eigenvalue weighted by atomic mass is 10.1. The summed E-state index contributed by atoms with van der Waals surface area (Å²) in [5.41, 5.74) is 3.66. The molecular formula is C23H31NO3. The lowest BCUT2D eigenvalue weighted by molar-refractivity contribution is 0.0312. The second-order valence-electron chi connectivity index (χ2n) is 7.49. The minimum Gasteiger partial charge on any atom is -0.491 e. The van der Waals surface area contributed by atoms with Crippen molar-refractivity contribution in [3.8, 4) is 5.75 Å². The number of aryl methyl sites for hydroxylation is 2. The van der Waals surface area contributed by atoms with Crippen LogP contribution in [0.15, 0.2) is 48.5 Å². The van der Waals surface area contributed by atoms with Gasteiger partial charge in [0.05, 0.1) is 6.10 Å². The smallest absolute Gasteiger partial charge is 0.122 e. The number of ether oxygens (including phenoxy) is 2. The number of hydrogen-bond donors (Lipinski definition) is 1. The molecule has 3 rings (SSSR count). The SMILES string of the molecule is Cc1ccccc1CN(C[C@@H](O)COc1ccccc1C)C[C@H]1CCCO1. The molecule has 1 heterocycles. The van der Waals surface area contributed by atoms with Gasteiger partial charge in [-0.15, -0.1) is 0 Å². The third-order valence-electron chi connectivity index (χ3n) is 5.13. The third-order valence-corrected chi connectivity index (χ3v) is 5.13. The summed E-state index contributed by atoms with van der Waals surface area (Å²) in [4.78, 5) is 2.30. The molecule has 0 saturated carbocycles. The van der Waals surface area contributed by atoms with Crippen molar-refractivity contribution in [1.29, 1.82) is 0 Å². The molecule has 4 nitrogen and oxygen atoms in total. The molecule has 1 fully saturated rings. The van der Waals surface area contributed by atoms with E-state index in [9.17, 15) is 5.11 Å². The Bertz CT molecular complexity index is 712. The van der Waals surface area contributed by atoms with E-state index in [0.717, 1.165) is 43.9 Å². The Labute approximate surface area is 162 Å². The van der Waals surface area contributed by atoms with Gasteiger partial charge in [0.15, 0.2) is 0 Å². The van der Waals surface area contributed by atoms with Gasteiger partial charge in [-0.3, -0.25) is 4.90 Å². The molecule has 27 heavy (non-hydrogen) atoms. The quantitative estimate of drug-likeness (QED) is 0.731. The first-order chi connectivity index (χ1) is 13.1. The molecule has 0 radical (unpaired) electrons. The summed E-state index contributed by atoms with van der Waals surface area (Å²) in [6.45, 7) is 7.52. The van der Waals surface area contributed by atoms with Crippen molar-refractivity contribution < 1.29 is 14.6 Å². The van der Waals surface area contributed by atoms with Crippen molar-refractivity contribution in [1.82, 2.24) is 4.90 Å². The van der Waals surface area contributed by atoms with E-state index >= 15 is 0 Å². The zero-order valence-electron chi connectivity index (χ0n) is 16.4. The fourth-order valence-electron chi connectivity index (χ4n) is 3.56. The average Bonchev–Trinajstić information content (AvgIpc) is 3.16. The lowest BCUT2D eigenvalue weighted by Crippen LogP contribution is -2.39. The van der Waals surface area contributed by atoms with Crippen LogP contribution in [-0.4, -0.2) is 48.5 Å². The molecule has 2 aromatic carbocycles. The van der Waals surface area contributed by atoms with Gasteiger partial charge in [0, 0.05) is 26.2 Å². The molecule has 2 atom stereocenters. The minimum absolute atomic E-state index is 0.263. The van der Waals surface area contributed by atoms with Crippen molar-refractivity contribution in [3.05, 3.63) is 65.2 Å². The predicted octanol–water partition coefficient (Wildman–Crippen LogP) is 3.72. The summed E-state index contributed by atoms with van der Waals surface area (Å²) < 4.78 is 11.7. The summed E-state index contributed by atoms with van der Waals surface area (Å²) in [6, 6.07) is 16.3. The molecule has 0 aliphatic carbocycles. The summed E-state index contributed by atoms with van der Waals surface area (Å²) >= 11 is 0. The standard InChI is InChI=1S/C23H31NO3/c1-18-8-3-5-10-20(18)14-24(16-22-11-7-13-26-22)15-21(25)17-27-23-12-6-4-9-19(23)2/h3-6,8-10,12,21-22,25H,7,11,13-17H2,1-2H3/t21-,22-/m1/s1. The van der Waals surface area contributed by atoms with Gasteiger partial charge < -0.3 is 14.6 Å². The van der Waals surface area contributed by atoms with Crippen LogP contribution in [-0.2, 0) is 11.3 Å². The highest BCUT2D eigenvalue weighted by molar-refractivity contribution is 5.31. The molecule has 146 valence electrons. The number of aliphatic hydroxyl groups is 1. The number of para-hydroxylation sites is 1. The largest absolute Gasteiger partial charge is 0.491 e. The van der Waals surface area contributed by atoms with Gasteiger partial charge in [-0.25, -0.2) is 0 Å². The molecule has 4 heteroatoms. The average molecular weight is 370 g/mol. The predicted molar refractivity (Wildman–Crippen MR) is 108 cm³/mol. The molecule has 0 bridgehead atoms. The number of aliphatic hydroxyl groups excluding tert-OH is 1. The van der Waals surface area contributed by atoms with Crippen molar-refractivity contribution in [2.75, 3.05) is 26.3 Å². The first-order valence-corrected chi connectivity index (χ1v) is 9.87. The molecule has 0 amide bonds. The Balaban J connectivity index is 1.59. The van der Waals surface area contributed by atoms with Gasteiger partial charge in [-0.1, -0.05) is 42.5 Å². The van der Waals surface area contributed by atoms with Crippen LogP contribution in [0.4, 0.5) is 0 Å². The van der Waals surface area contributed by atoms with E-state index in [0.29, 0.717) is 13.2 Å². The van der Waals surface area contributed by atoms with Gasteiger partial charge in [-0.05, 0) is 49.4 Å². The Hall–Kier alpha value is -1.88. The molecule has 2 aromatic rings. The summed E-state index contributed by atoms with van der Waals surface area (Å²) in [5.74, 6) is 0.834. The second kappa shape index (κ2) is 9.88. The molecule has 0 unspecified atom stereocenters. The van der Waals surface area contributed by atoms with Crippen molar-refractivity contribution in [2.24, 2.45) is 0 Å². The maximum Gasteiger partial charge on any atom is 0.122 e. The maximum atomic E-state index is 10.6. The highest BCUT2D eigenvalue weighted by Crippen LogP contribution is 2.18. The van der Waals surface area contributed by atoms with Crippen molar-refractivity contribution >= 4 is 0 Å². The van der Waals surface area contributed by atoms with Gasteiger partial charge in [-0.2, -0.15) is 0 Å². The Morgan fingerprint density at radius 3 is 2.56 bits per heavy atom. The van der Waals surface area contributed by atoms with Crippen LogP contribution >= 0.6 is 0 Å². The maximum absolute atomic E-state index is 10.6. The number of rotatable bonds is 9. The van der Waals surface area contributed by atoms with E-state index in [4.69, 9.17) is 9.47 Å². The highest BCUT2D eigenvalue weighted by Gasteiger charge is 2.22. The summed E-state index contributed by atoms with van der Waals surface area (Å²) in [6.07, 6.45) is 1.94. The molecule has 1 N–H and O–H groups in total. The first-order valence-electron chi connectivity index (χ1n) is 9.87. The summed E-state index contributed by atoms with van der Waals surface area (Å²) in [5, 5.41) is 10.6. The topological polar surface area (TPSA) is 41.9 Å². The Kier molecular flexibility index (Phi) is 7.27. The van der Waals surface area contributed by atoms with Crippen molar-refractivity contribution in [3.63, 3.8) is 0 Å². The minimum atomic E-state index is -0.546. The van der Waals surface area contributed by atoms with Crippen LogP contribution in [0.1, 0.15) is 29.5 Å². The Morgan fingerprint density at radius 2 is 1.85 bits per heavy atom. The first kappa shape index (κ1) is 19.9. The molecule has 0 spiro atoms. The lowest BCUT2D eigenvalue weighted by Gasteiger charge is -2.28. The van der Waals surface area contributed by atoms with Crippen molar-refractivity contribution in [2.45, 2.75) is 45.4 Å². The number of hydrogen-bond acceptors (Lipinski definition) is 4. The number of nitrogens with zero attached hydrogens (tertiary/aromatic N) is 1. The fraction of sp³-hybridized carbons (Fsp3) is 0.478. The van der Waals surface area contributed by atoms with Crippen LogP contribution < -0.4 is 4.74 Å². The van der Waals surface area contributed by atoms with E-state index in [-0.39, 0.29) is 6.10 Å². The highest BCUT2D eigenvalue weighted by atomic mass is 16.5. The van der Waals surface area contributed by atoms with Gasteiger partial charge in [0.2, 0.25) is 0 Å². The van der Waals surface area contributed by atoms with Crippen LogP contribution in [0.25, 0.3) is 0 Å². The van der Waals surface area contributed by atoms with Crippen LogP contribution in [0, 0.1) is 13.8 Å². The van der Waals surface area contributed by atoms with Gasteiger partial charge >= 0.3 is 0 Å². The molecular weight excluding hydrogens is 338 g/mol. The molecule has 1 aliphatic heterocycles. The van der Waals surface area contributed by atoms with Gasteiger partial charge in [0.1, 0.15) is 18.5 Å². The Morgan fingerprint density at radius 1 is 1.11 bits per heavy atom. The van der Waals surface area contributed by atoms with E-state index < -0.39 is 6.10 Å². The van der Waals surface area contributed by atoms with Crippen LogP contribution in [0.3, 0.4) is 0 Å². The zero-order chi connectivity index (χ0) is 19.1. The molecule has 0 aromatic heterocycles. The summed E-state index contributed by atoms with van der Waals surface area (Å²) in [7, 11) is 0.